The molecule has 0 amide bonds. The van der Waals surface area contributed by atoms with Gasteiger partial charge in [0.05, 0.1) is 0 Å². The molecule has 2 aromatic heterocycles. The molecule has 0 bridgehead atoms. The number of aryl methyl sites for hydroxylation is 1. The standard InChI is InChI=1S/C25H26N4O2/c1-28-14-11-27-25(28)29-12-8-21(9-13-29)31-24-16-22(15-20-7-10-26-17-23(20)24)30-18-19-5-3-2-4-6-19/h2-7,10-11,14-17,21H,8-9,12-13,18H2,1H3. The van der Waals surface area contributed by atoms with E-state index in [0.717, 1.165) is 59.7 Å². The van der Waals surface area contributed by atoms with E-state index in [9.17, 15) is 0 Å². The van der Waals surface area contributed by atoms with Gasteiger partial charge in [0.15, 0.2) is 0 Å². The topological polar surface area (TPSA) is 52.4 Å². The maximum Gasteiger partial charge on any atom is 0.205 e. The summed E-state index contributed by atoms with van der Waals surface area (Å²) < 4.78 is 14.6. The Kier molecular flexibility index (Phi) is 5.44. The van der Waals surface area contributed by atoms with Gasteiger partial charge in [-0.3, -0.25) is 4.98 Å². The second-order valence-electron chi connectivity index (χ2n) is 7.93. The monoisotopic (exact) mass is 414 g/mol. The highest BCUT2D eigenvalue weighted by Crippen LogP contribution is 2.33. The van der Waals surface area contributed by atoms with E-state index in [0.29, 0.717) is 6.61 Å². The highest BCUT2D eigenvalue weighted by molar-refractivity contribution is 5.89. The van der Waals surface area contributed by atoms with Gasteiger partial charge in [-0.25, -0.2) is 4.98 Å². The van der Waals surface area contributed by atoms with Gasteiger partial charge in [-0.05, 0) is 23.1 Å². The Balaban J connectivity index is 1.31. The molecule has 2 aromatic carbocycles. The first-order valence-corrected chi connectivity index (χ1v) is 10.7. The molecular weight excluding hydrogens is 388 g/mol. The molecule has 6 heteroatoms. The van der Waals surface area contributed by atoms with Crippen molar-refractivity contribution in [3.63, 3.8) is 0 Å². The number of anilines is 1. The molecule has 1 fully saturated rings. The van der Waals surface area contributed by atoms with Crippen LogP contribution < -0.4 is 14.4 Å². The Morgan fingerprint density at radius 1 is 1.03 bits per heavy atom. The summed E-state index contributed by atoms with van der Waals surface area (Å²) in [5, 5.41) is 2.09. The van der Waals surface area contributed by atoms with Crippen LogP contribution in [0.4, 0.5) is 5.95 Å². The lowest BCUT2D eigenvalue weighted by Crippen LogP contribution is -2.39. The summed E-state index contributed by atoms with van der Waals surface area (Å²) in [7, 11) is 2.03. The maximum absolute atomic E-state index is 6.48. The fraction of sp³-hybridized carbons (Fsp3) is 0.280. The number of pyridine rings is 1. The Hall–Kier alpha value is -3.54. The van der Waals surface area contributed by atoms with Gasteiger partial charge in [-0.15, -0.1) is 0 Å². The number of imidazole rings is 1. The number of ether oxygens (including phenoxy) is 2. The molecule has 0 atom stereocenters. The van der Waals surface area contributed by atoms with Crippen LogP contribution in [0.2, 0.25) is 0 Å². The third-order valence-electron chi connectivity index (χ3n) is 5.75. The zero-order chi connectivity index (χ0) is 21.0. The molecule has 0 N–H and O–H groups in total. The summed E-state index contributed by atoms with van der Waals surface area (Å²) in [6, 6.07) is 16.2. The molecule has 0 spiro atoms. The number of hydrogen-bond donors (Lipinski definition) is 0. The molecule has 5 rings (SSSR count). The highest BCUT2D eigenvalue weighted by Gasteiger charge is 2.23. The summed E-state index contributed by atoms with van der Waals surface area (Å²) >= 11 is 0. The Labute approximate surface area is 182 Å². The van der Waals surface area contributed by atoms with Crippen LogP contribution in [0.3, 0.4) is 0 Å². The van der Waals surface area contributed by atoms with Crippen LogP contribution in [0.25, 0.3) is 10.8 Å². The van der Waals surface area contributed by atoms with Crippen molar-refractivity contribution in [2.75, 3.05) is 18.0 Å². The number of piperidine rings is 1. The average Bonchev–Trinajstić information content (AvgIpc) is 3.25. The van der Waals surface area contributed by atoms with Crippen molar-refractivity contribution in [3.8, 4) is 11.5 Å². The fourth-order valence-corrected chi connectivity index (χ4v) is 4.08. The quantitative estimate of drug-likeness (QED) is 0.462. The van der Waals surface area contributed by atoms with Gasteiger partial charge in [-0.1, -0.05) is 30.3 Å². The minimum atomic E-state index is 0.157. The minimum absolute atomic E-state index is 0.157. The molecule has 6 nitrogen and oxygen atoms in total. The number of aromatic nitrogens is 3. The predicted octanol–water partition coefficient (Wildman–Crippen LogP) is 4.60. The van der Waals surface area contributed by atoms with Crippen molar-refractivity contribution < 1.29 is 9.47 Å². The summed E-state index contributed by atoms with van der Waals surface area (Å²) in [5.74, 6) is 2.66. The number of hydrogen-bond acceptors (Lipinski definition) is 5. The first-order chi connectivity index (χ1) is 15.3. The maximum atomic E-state index is 6.48. The van der Waals surface area contributed by atoms with Crippen molar-refractivity contribution in [2.45, 2.75) is 25.6 Å². The third-order valence-corrected chi connectivity index (χ3v) is 5.75. The number of fused-ring (bicyclic) bond motifs is 1. The van der Waals surface area contributed by atoms with E-state index in [-0.39, 0.29) is 6.10 Å². The second-order valence-corrected chi connectivity index (χ2v) is 7.93. The van der Waals surface area contributed by atoms with Crippen molar-refractivity contribution >= 4 is 16.7 Å². The first kappa shape index (κ1) is 19.4. The lowest BCUT2D eigenvalue weighted by atomic mass is 10.1. The largest absolute Gasteiger partial charge is 0.489 e. The molecule has 31 heavy (non-hydrogen) atoms. The van der Waals surface area contributed by atoms with E-state index in [1.54, 1.807) is 6.20 Å². The van der Waals surface area contributed by atoms with Crippen LogP contribution in [0, 0.1) is 0 Å². The second kappa shape index (κ2) is 8.68. The van der Waals surface area contributed by atoms with Crippen molar-refractivity contribution in [1.29, 1.82) is 0 Å². The van der Waals surface area contributed by atoms with Gasteiger partial charge in [0.2, 0.25) is 5.95 Å². The summed E-state index contributed by atoms with van der Waals surface area (Å²) in [6.45, 7) is 2.38. The SMILES string of the molecule is Cn1ccnc1N1CCC(Oc2cc(OCc3ccccc3)cc3ccncc23)CC1. The van der Waals surface area contributed by atoms with E-state index >= 15 is 0 Å². The van der Waals surface area contributed by atoms with Crippen molar-refractivity contribution in [3.05, 3.63) is 78.9 Å². The molecule has 0 radical (unpaired) electrons. The van der Waals surface area contributed by atoms with Gasteiger partial charge in [0.1, 0.15) is 24.2 Å². The number of rotatable bonds is 6. The molecule has 158 valence electrons. The molecule has 1 aliphatic heterocycles. The van der Waals surface area contributed by atoms with Crippen LogP contribution in [0.15, 0.2) is 73.3 Å². The predicted molar refractivity (Wildman–Crippen MR) is 122 cm³/mol. The van der Waals surface area contributed by atoms with Gasteiger partial charge in [0.25, 0.3) is 0 Å². The van der Waals surface area contributed by atoms with Crippen LogP contribution in [-0.2, 0) is 13.7 Å². The molecule has 0 unspecified atom stereocenters. The Morgan fingerprint density at radius 2 is 1.87 bits per heavy atom. The van der Waals surface area contributed by atoms with Gasteiger partial charge >= 0.3 is 0 Å². The van der Waals surface area contributed by atoms with Crippen LogP contribution in [-0.4, -0.2) is 33.7 Å². The van der Waals surface area contributed by atoms with E-state index < -0.39 is 0 Å². The lowest BCUT2D eigenvalue weighted by molar-refractivity contribution is 0.171. The Bertz CT molecular complexity index is 1150. The number of nitrogens with zero attached hydrogens (tertiary/aromatic N) is 4. The fourth-order valence-electron chi connectivity index (χ4n) is 4.08. The van der Waals surface area contributed by atoms with Crippen LogP contribution in [0.1, 0.15) is 18.4 Å². The third kappa shape index (κ3) is 4.33. The summed E-state index contributed by atoms with van der Waals surface area (Å²) in [4.78, 5) is 11.1. The van der Waals surface area contributed by atoms with Crippen LogP contribution in [0.5, 0.6) is 11.5 Å². The molecule has 4 aromatic rings. The smallest absolute Gasteiger partial charge is 0.205 e. The van der Waals surface area contributed by atoms with E-state index in [1.807, 2.05) is 56.0 Å². The average molecular weight is 415 g/mol. The zero-order valence-electron chi connectivity index (χ0n) is 17.6. The normalized spacial score (nSPS) is 14.7. The van der Waals surface area contributed by atoms with Crippen molar-refractivity contribution in [2.24, 2.45) is 7.05 Å². The zero-order valence-corrected chi connectivity index (χ0v) is 17.6. The number of benzene rings is 2. The lowest BCUT2D eigenvalue weighted by Gasteiger charge is -2.33. The highest BCUT2D eigenvalue weighted by atomic mass is 16.5. The molecule has 1 saturated heterocycles. The molecular formula is C25H26N4O2. The molecule has 0 aliphatic carbocycles. The van der Waals surface area contributed by atoms with E-state index in [1.165, 1.54) is 0 Å². The summed E-state index contributed by atoms with van der Waals surface area (Å²) in [5.41, 5.74) is 1.14. The van der Waals surface area contributed by atoms with Gasteiger partial charge in [0, 0.05) is 69.2 Å². The van der Waals surface area contributed by atoms with Gasteiger partial charge in [-0.2, -0.15) is 0 Å². The molecule has 3 heterocycles. The molecule has 0 saturated carbocycles. The first-order valence-electron chi connectivity index (χ1n) is 10.7. The summed E-state index contributed by atoms with van der Waals surface area (Å²) in [6.07, 6.45) is 9.56. The van der Waals surface area contributed by atoms with Crippen LogP contribution >= 0.6 is 0 Å². The van der Waals surface area contributed by atoms with E-state index in [4.69, 9.17) is 9.47 Å². The Morgan fingerprint density at radius 3 is 2.65 bits per heavy atom. The molecule has 1 aliphatic rings. The van der Waals surface area contributed by atoms with Crippen molar-refractivity contribution in [1.82, 2.24) is 14.5 Å². The van der Waals surface area contributed by atoms with Gasteiger partial charge < -0.3 is 18.9 Å². The van der Waals surface area contributed by atoms with E-state index in [2.05, 4.69) is 37.6 Å². The minimum Gasteiger partial charge on any atom is -0.489 e.